The zero-order valence-electron chi connectivity index (χ0n) is 13.8. The molecule has 1 aromatic carbocycles. The van der Waals surface area contributed by atoms with Gasteiger partial charge in [0, 0.05) is 19.6 Å². The number of piperidine rings is 1. The Morgan fingerprint density at radius 2 is 1.88 bits per heavy atom. The number of nitrogens with zero attached hydrogens (tertiary/aromatic N) is 1. The van der Waals surface area contributed by atoms with Gasteiger partial charge in [0.2, 0.25) is 5.91 Å². The lowest BCUT2D eigenvalue weighted by molar-refractivity contribution is -0.137. The lowest BCUT2D eigenvalue weighted by Crippen LogP contribution is -2.52. The van der Waals surface area contributed by atoms with E-state index in [-0.39, 0.29) is 18.3 Å². The van der Waals surface area contributed by atoms with E-state index < -0.39 is 17.8 Å². The number of halogens is 4. The Bertz CT molecular complexity index is 573. The molecule has 0 spiro atoms. The van der Waals surface area contributed by atoms with E-state index in [0.717, 1.165) is 44.6 Å². The normalized spacial score (nSPS) is 25.2. The Kier molecular flexibility index (Phi) is 6.71. The van der Waals surface area contributed by atoms with E-state index in [4.69, 9.17) is 0 Å². The molecule has 140 valence electrons. The van der Waals surface area contributed by atoms with Gasteiger partial charge in [0.15, 0.2) is 0 Å². The number of amides is 1. The molecule has 2 heterocycles. The molecular weight excluding hydrogens is 355 g/mol. The van der Waals surface area contributed by atoms with Crippen molar-refractivity contribution in [1.29, 1.82) is 0 Å². The van der Waals surface area contributed by atoms with Crippen molar-refractivity contribution >= 4 is 18.3 Å². The van der Waals surface area contributed by atoms with Crippen molar-refractivity contribution in [2.75, 3.05) is 32.7 Å². The van der Waals surface area contributed by atoms with E-state index in [1.165, 1.54) is 12.1 Å². The van der Waals surface area contributed by atoms with Crippen molar-refractivity contribution in [3.05, 3.63) is 35.4 Å². The van der Waals surface area contributed by atoms with Crippen molar-refractivity contribution in [1.82, 2.24) is 15.5 Å². The van der Waals surface area contributed by atoms with Crippen LogP contribution in [-0.4, -0.2) is 43.5 Å². The number of hydrogen-bond acceptors (Lipinski definition) is 3. The van der Waals surface area contributed by atoms with Crippen LogP contribution in [0, 0.1) is 5.92 Å². The van der Waals surface area contributed by atoms with E-state index in [1.54, 1.807) is 0 Å². The molecule has 4 nitrogen and oxygen atoms in total. The van der Waals surface area contributed by atoms with Crippen molar-refractivity contribution in [3.8, 4) is 0 Å². The van der Waals surface area contributed by atoms with Crippen LogP contribution < -0.4 is 10.6 Å². The first-order valence-corrected chi connectivity index (χ1v) is 8.35. The number of piperazine rings is 1. The minimum atomic E-state index is -4.36. The second kappa shape index (κ2) is 8.38. The fraction of sp³-hybridized carbons (Fsp3) is 0.588. The quantitative estimate of drug-likeness (QED) is 0.851. The highest BCUT2D eigenvalue weighted by molar-refractivity contribution is 5.85. The first-order chi connectivity index (χ1) is 11.4. The van der Waals surface area contributed by atoms with Gasteiger partial charge in [-0.15, -0.1) is 12.4 Å². The molecule has 2 unspecified atom stereocenters. The predicted octanol–water partition coefficient (Wildman–Crippen LogP) is 2.60. The van der Waals surface area contributed by atoms with E-state index in [0.29, 0.717) is 24.6 Å². The summed E-state index contributed by atoms with van der Waals surface area (Å²) in [4.78, 5) is 14.4. The molecule has 2 aliphatic heterocycles. The number of rotatable bonds is 3. The highest BCUT2D eigenvalue weighted by Crippen LogP contribution is 2.31. The Labute approximate surface area is 151 Å². The third-order valence-corrected chi connectivity index (χ3v) is 4.76. The van der Waals surface area contributed by atoms with Gasteiger partial charge in [-0.2, -0.15) is 13.2 Å². The molecule has 2 aliphatic rings. The molecule has 0 saturated carbocycles. The third kappa shape index (κ3) is 4.86. The molecular formula is C17H23ClF3N3O. The zero-order chi connectivity index (χ0) is 17.2. The average molecular weight is 378 g/mol. The van der Waals surface area contributed by atoms with E-state index in [2.05, 4.69) is 15.5 Å². The minimum Gasteiger partial charge on any atom is -0.353 e. The molecule has 0 radical (unpaired) electrons. The van der Waals surface area contributed by atoms with Gasteiger partial charge in [-0.25, -0.2) is 0 Å². The molecule has 8 heteroatoms. The summed E-state index contributed by atoms with van der Waals surface area (Å²) < 4.78 is 38.2. The molecule has 1 aromatic rings. The van der Waals surface area contributed by atoms with Gasteiger partial charge in [0.1, 0.15) is 6.04 Å². The standard InChI is InChI=1S/C17H22F3N3O.ClH/c18-17(19,20)14-5-3-13(4-6-14)15-16(24)22-8-9-23(15)11-12-2-1-7-21-10-12;/h3-6,12,15,21H,1-2,7-11H2,(H,22,24);1H. The van der Waals surface area contributed by atoms with Crippen LogP contribution in [-0.2, 0) is 11.0 Å². The third-order valence-electron chi connectivity index (χ3n) is 4.76. The summed E-state index contributed by atoms with van der Waals surface area (Å²) in [5, 5.41) is 6.19. The molecule has 2 atom stereocenters. The number of carbonyl (C=O) groups is 1. The van der Waals surface area contributed by atoms with Crippen LogP contribution in [0.4, 0.5) is 13.2 Å². The van der Waals surface area contributed by atoms with Crippen LogP contribution in [0.1, 0.15) is 30.0 Å². The average Bonchev–Trinajstić information content (AvgIpc) is 2.55. The second-order valence-corrected chi connectivity index (χ2v) is 6.52. The number of alkyl halides is 3. The van der Waals surface area contributed by atoms with Gasteiger partial charge < -0.3 is 10.6 Å². The summed E-state index contributed by atoms with van der Waals surface area (Å²) in [6.45, 7) is 4.04. The molecule has 0 bridgehead atoms. The van der Waals surface area contributed by atoms with Gasteiger partial charge in [0.05, 0.1) is 5.56 Å². The van der Waals surface area contributed by atoms with Crippen molar-refractivity contribution in [2.24, 2.45) is 5.92 Å². The smallest absolute Gasteiger partial charge is 0.353 e. The van der Waals surface area contributed by atoms with Crippen molar-refractivity contribution in [3.63, 3.8) is 0 Å². The molecule has 2 fully saturated rings. The minimum absolute atomic E-state index is 0. The maximum Gasteiger partial charge on any atom is 0.416 e. The SMILES string of the molecule is Cl.O=C1NCCN(CC2CCCNC2)C1c1ccc(C(F)(F)F)cc1. The van der Waals surface area contributed by atoms with Crippen LogP contribution in [0.2, 0.25) is 0 Å². The number of nitrogens with one attached hydrogen (secondary N) is 2. The zero-order valence-corrected chi connectivity index (χ0v) is 14.6. The van der Waals surface area contributed by atoms with Crippen molar-refractivity contribution in [2.45, 2.75) is 25.1 Å². The summed E-state index contributed by atoms with van der Waals surface area (Å²) in [7, 11) is 0. The molecule has 2 saturated heterocycles. The van der Waals surface area contributed by atoms with Crippen LogP contribution in [0.25, 0.3) is 0 Å². The lowest BCUT2D eigenvalue weighted by atomic mass is 9.95. The Morgan fingerprint density at radius 3 is 2.48 bits per heavy atom. The molecule has 3 rings (SSSR count). The van der Waals surface area contributed by atoms with Crippen molar-refractivity contribution < 1.29 is 18.0 Å². The van der Waals surface area contributed by atoms with Crippen LogP contribution >= 0.6 is 12.4 Å². The maximum atomic E-state index is 12.7. The fourth-order valence-corrected chi connectivity index (χ4v) is 3.54. The summed E-state index contributed by atoms with van der Waals surface area (Å²) >= 11 is 0. The predicted molar refractivity (Wildman–Crippen MR) is 91.6 cm³/mol. The van der Waals surface area contributed by atoms with Gasteiger partial charge in [-0.1, -0.05) is 12.1 Å². The number of hydrogen-bond donors (Lipinski definition) is 2. The highest BCUT2D eigenvalue weighted by Gasteiger charge is 2.34. The molecule has 1 amide bonds. The largest absolute Gasteiger partial charge is 0.416 e. The number of carbonyl (C=O) groups excluding carboxylic acids is 1. The Hall–Kier alpha value is -1.31. The lowest BCUT2D eigenvalue weighted by Gasteiger charge is -2.38. The monoisotopic (exact) mass is 377 g/mol. The first-order valence-electron chi connectivity index (χ1n) is 8.35. The van der Waals surface area contributed by atoms with Crippen LogP contribution in [0.5, 0.6) is 0 Å². The first kappa shape index (κ1) is 20.0. The van der Waals surface area contributed by atoms with E-state index >= 15 is 0 Å². The maximum absolute atomic E-state index is 12.7. The summed E-state index contributed by atoms with van der Waals surface area (Å²) in [5.41, 5.74) is -0.0746. The van der Waals surface area contributed by atoms with Crippen LogP contribution in [0.3, 0.4) is 0 Å². The molecule has 2 N–H and O–H groups in total. The van der Waals surface area contributed by atoms with E-state index in [9.17, 15) is 18.0 Å². The topological polar surface area (TPSA) is 44.4 Å². The van der Waals surface area contributed by atoms with Crippen LogP contribution in [0.15, 0.2) is 24.3 Å². The molecule has 0 aliphatic carbocycles. The van der Waals surface area contributed by atoms with Gasteiger partial charge in [-0.3, -0.25) is 9.69 Å². The Morgan fingerprint density at radius 1 is 1.16 bits per heavy atom. The molecule has 25 heavy (non-hydrogen) atoms. The van der Waals surface area contributed by atoms with Gasteiger partial charge in [0.25, 0.3) is 0 Å². The van der Waals surface area contributed by atoms with Gasteiger partial charge in [-0.05, 0) is 49.5 Å². The highest BCUT2D eigenvalue weighted by atomic mass is 35.5. The summed E-state index contributed by atoms with van der Waals surface area (Å²) in [6.07, 6.45) is -2.12. The number of benzene rings is 1. The summed E-state index contributed by atoms with van der Waals surface area (Å²) in [6, 6.07) is 4.44. The van der Waals surface area contributed by atoms with E-state index in [1.807, 2.05) is 0 Å². The fourth-order valence-electron chi connectivity index (χ4n) is 3.54. The Balaban J connectivity index is 0.00000225. The second-order valence-electron chi connectivity index (χ2n) is 6.52. The molecule has 0 aromatic heterocycles. The summed E-state index contributed by atoms with van der Waals surface area (Å²) in [5.74, 6) is 0.339. The van der Waals surface area contributed by atoms with Gasteiger partial charge >= 0.3 is 6.18 Å².